The van der Waals surface area contributed by atoms with Crippen molar-refractivity contribution in [2.75, 3.05) is 18.9 Å². The maximum absolute atomic E-state index is 13.1. The van der Waals surface area contributed by atoms with Gasteiger partial charge in [-0.05, 0) is 77.6 Å². The molecule has 1 saturated heterocycles. The lowest BCUT2D eigenvalue weighted by molar-refractivity contribution is -0.137. The number of fused-ring (bicyclic) bond motifs is 1. The van der Waals surface area contributed by atoms with E-state index in [0.29, 0.717) is 11.6 Å². The van der Waals surface area contributed by atoms with Crippen LogP contribution in [0.4, 0.5) is 24.8 Å². The Morgan fingerprint density at radius 3 is 2.62 bits per heavy atom. The molecule has 40 heavy (non-hydrogen) atoms. The van der Waals surface area contributed by atoms with Crippen LogP contribution in [0.1, 0.15) is 53.2 Å². The minimum atomic E-state index is -4.53. The average Bonchev–Trinajstić information content (AvgIpc) is 3.32. The zero-order chi connectivity index (χ0) is 28.6. The number of anilines is 1. The molecule has 1 aromatic heterocycles. The van der Waals surface area contributed by atoms with E-state index in [0.717, 1.165) is 64.1 Å². The molecule has 0 aliphatic carbocycles. The van der Waals surface area contributed by atoms with Crippen LogP contribution >= 0.6 is 0 Å². The van der Waals surface area contributed by atoms with Gasteiger partial charge in [0.15, 0.2) is 0 Å². The normalized spacial score (nSPS) is 15.2. The van der Waals surface area contributed by atoms with Crippen LogP contribution < -0.4 is 10.7 Å². The molecular weight excluding hydrogens is 517 g/mol. The van der Waals surface area contributed by atoms with Gasteiger partial charge in [-0.3, -0.25) is 4.79 Å². The maximum atomic E-state index is 13.1. The number of amides is 1. The summed E-state index contributed by atoms with van der Waals surface area (Å²) in [7, 11) is 1.95. The summed E-state index contributed by atoms with van der Waals surface area (Å²) in [6, 6.07) is 13.9. The highest BCUT2D eigenvalue weighted by Gasteiger charge is 2.31. The Labute approximate surface area is 230 Å². The number of nitrogens with one attached hydrogen (secondary N) is 2. The summed E-state index contributed by atoms with van der Waals surface area (Å²) in [6.45, 7) is 7.02. The van der Waals surface area contributed by atoms with Crippen LogP contribution in [0, 0.1) is 6.92 Å². The first-order valence-electron chi connectivity index (χ1n) is 12.9. The van der Waals surface area contributed by atoms with Crippen molar-refractivity contribution in [1.82, 2.24) is 20.4 Å². The van der Waals surface area contributed by atoms with Gasteiger partial charge < -0.3 is 10.7 Å². The van der Waals surface area contributed by atoms with Crippen molar-refractivity contribution in [3.63, 3.8) is 0 Å². The van der Waals surface area contributed by atoms with Gasteiger partial charge in [-0.25, -0.2) is 15.0 Å². The average molecular weight is 547 g/mol. The molecule has 10 heteroatoms. The quantitative estimate of drug-likeness (QED) is 0.286. The first-order valence-corrected chi connectivity index (χ1v) is 12.9. The number of hydrazine groups is 1. The fourth-order valence-electron chi connectivity index (χ4n) is 4.67. The predicted molar refractivity (Wildman–Crippen MR) is 151 cm³/mol. The van der Waals surface area contributed by atoms with Crippen LogP contribution in [0.5, 0.6) is 0 Å². The third-order valence-electron chi connectivity index (χ3n) is 6.82. The predicted octanol–water partition coefficient (Wildman–Crippen LogP) is 6.87. The van der Waals surface area contributed by atoms with E-state index in [1.807, 2.05) is 37.2 Å². The van der Waals surface area contributed by atoms with Crippen LogP contribution in [-0.2, 0) is 6.18 Å². The van der Waals surface area contributed by atoms with Gasteiger partial charge in [-0.2, -0.15) is 18.2 Å². The third-order valence-corrected chi connectivity index (χ3v) is 6.82. The number of aromatic nitrogens is 2. The summed E-state index contributed by atoms with van der Waals surface area (Å²) in [6.07, 6.45) is -1.96. The largest absolute Gasteiger partial charge is 0.416 e. The summed E-state index contributed by atoms with van der Waals surface area (Å²) in [5.74, 6) is 0.769. The van der Waals surface area contributed by atoms with E-state index in [2.05, 4.69) is 40.6 Å². The van der Waals surface area contributed by atoms with Gasteiger partial charge in [0.25, 0.3) is 11.9 Å². The van der Waals surface area contributed by atoms with E-state index in [4.69, 9.17) is 4.98 Å². The Bertz CT molecular complexity index is 1630. The second-order valence-corrected chi connectivity index (χ2v) is 10.2. The first kappa shape index (κ1) is 27.3. The molecule has 0 radical (unpaired) electrons. The molecule has 5 rings (SSSR count). The van der Waals surface area contributed by atoms with E-state index >= 15 is 0 Å². The van der Waals surface area contributed by atoms with Gasteiger partial charge in [-0.15, -0.1) is 0 Å². The lowest BCUT2D eigenvalue weighted by Crippen LogP contribution is -2.28. The third kappa shape index (κ3) is 5.81. The van der Waals surface area contributed by atoms with Crippen molar-refractivity contribution in [1.29, 1.82) is 0 Å². The number of nitrogens with zero attached hydrogens (tertiary/aromatic N) is 4. The molecule has 0 bridgehead atoms. The maximum Gasteiger partial charge on any atom is 0.416 e. The highest BCUT2D eigenvalue weighted by Crippen LogP contribution is 2.34. The molecule has 1 aliphatic heterocycles. The van der Waals surface area contributed by atoms with Gasteiger partial charge in [0.05, 0.1) is 11.1 Å². The number of aliphatic imine (C=N–C) groups is 1. The number of carbonyl (C=O) groups is 1. The highest BCUT2D eigenvalue weighted by molar-refractivity contribution is 6.04. The molecule has 2 heterocycles. The Morgan fingerprint density at radius 1 is 1.12 bits per heavy atom. The molecule has 0 atom stereocenters. The molecular formula is C30H29F3N6O. The summed E-state index contributed by atoms with van der Waals surface area (Å²) >= 11 is 0. The molecule has 1 fully saturated rings. The number of aryl methyl sites for hydroxylation is 1. The number of alkyl halides is 3. The molecule has 0 spiro atoms. The van der Waals surface area contributed by atoms with Crippen molar-refractivity contribution < 1.29 is 18.0 Å². The van der Waals surface area contributed by atoms with E-state index in [1.165, 1.54) is 12.1 Å². The topological polar surface area (TPSA) is 82.5 Å². The van der Waals surface area contributed by atoms with Crippen LogP contribution in [-0.4, -0.2) is 40.3 Å². The SMILES string of the molecule is Cc1ccc(NC(=O)c2cccc(C(F)(F)F)c2)cc1-c1cc(C(C)C)c2nc(N=C3CCN(C)N3)ncc2c1. The number of carbonyl (C=O) groups excluding carboxylic acids is 1. The van der Waals surface area contributed by atoms with Gasteiger partial charge in [0.1, 0.15) is 5.84 Å². The summed E-state index contributed by atoms with van der Waals surface area (Å²) in [5, 5.41) is 5.56. The highest BCUT2D eigenvalue weighted by atomic mass is 19.4. The second-order valence-electron chi connectivity index (χ2n) is 10.2. The Balaban J connectivity index is 1.48. The van der Waals surface area contributed by atoms with Crippen LogP contribution in [0.15, 0.2) is 65.8 Å². The van der Waals surface area contributed by atoms with Crippen molar-refractivity contribution in [3.05, 3.63) is 83.0 Å². The first-order chi connectivity index (χ1) is 19.0. The number of hydrogen-bond acceptors (Lipinski definition) is 5. The number of halogens is 3. The molecule has 2 N–H and O–H groups in total. The van der Waals surface area contributed by atoms with Gasteiger partial charge in [0, 0.05) is 42.8 Å². The fourth-order valence-corrected chi connectivity index (χ4v) is 4.67. The van der Waals surface area contributed by atoms with Gasteiger partial charge >= 0.3 is 6.18 Å². The lowest BCUT2D eigenvalue weighted by atomic mass is 9.92. The molecule has 1 amide bonds. The molecule has 1 aliphatic rings. The molecule has 4 aromatic rings. The number of benzene rings is 3. The minimum Gasteiger partial charge on any atom is -0.322 e. The standard InChI is InChI=1S/C30H29F3N6O/c1-17(2)24-14-20(12-21-16-34-29(37-27(21)24)36-26-10-11-39(4)38-26)25-15-23(9-8-18(25)3)35-28(40)19-6-5-7-22(13-19)30(31,32)33/h5-9,12-17H,10-11H2,1-4H3,(H,35,40)(H,34,36,37,38). The van der Waals surface area contributed by atoms with Crippen LogP contribution in [0.2, 0.25) is 0 Å². The van der Waals surface area contributed by atoms with Crippen molar-refractivity contribution in [2.45, 2.75) is 39.3 Å². The molecule has 0 unspecified atom stereocenters. The van der Waals surface area contributed by atoms with Gasteiger partial charge in [-0.1, -0.05) is 26.0 Å². The summed E-state index contributed by atoms with van der Waals surface area (Å²) in [4.78, 5) is 26.6. The Morgan fingerprint density at radius 2 is 1.93 bits per heavy atom. The summed E-state index contributed by atoms with van der Waals surface area (Å²) < 4.78 is 39.4. The van der Waals surface area contributed by atoms with Crippen LogP contribution in [0.25, 0.3) is 22.0 Å². The Kier molecular flexibility index (Phi) is 7.29. The van der Waals surface area contributed by atoms with E-state index < -0.39 is 17.6 Å². The number of hydrogen-bond donors (Lipinski definition) is 2. The van der Waals surface area contributed by atoms with Crippen molar-refractivity contribution >= 4 is 34.3 Å². The minimum absolute atomic E-state index is 0.0688. The smallest absolute Gasteiger partial charge is 0.322 e. The van der Waals surface area contributed by atoms with Crippen LogP contribution in [0.3, 0.4) is 0 Å². The van der Waals surface area contributed by atoms with Crippen molar-refractivity contribution in [2.24, 2.45) is 4.99 Å². The van der Waals surface area contributed by atoms with E-state index in [9.17, 15) is 18.0 Å². The number of amidine groups is 1. The monoisotopic (exact) mass is 546 g/mol. The lowest BCUT2D eigenvalue weighted by Gasteiger charge is -2.15. The van der Waals surface area contributed by atoms with Crippen molar-refractivity contribution in [3.8, 4) is 11.1 Å². The summed E-state index contributed by atoms with van der Waals surface area (Å²) in [5.41, 5.74) is 7.37. The zero-order valence-electron chi connectivity index (χ0n) is 22.6. The Hall–Kier alpha value is -4.31. The van der Waals surface area contributed by atoms with E-state index in [1.54, 1.807) is 12.3 Å². The fraction of sp³-hybridized carbons (Fsp3) is 0.267. The molecule has 206 valence electrons. The molecule has 0 saturated carbocycles. The zero-order valence-corrected chi connectivity index (χ0v) is 22.6. The molecule has 3 aromatic carbocycles. The van der Waals surface area contributed by atoms with Gasteiger partial charge in [0.2, 0.25) is 0 Å². The second kappa shape index (κ2) is 10.7. The van der Waals surface area contributed by atoms with E-state index in [-0.39, 0.29) is 11.5 Å². The number of rotatable bonds is 5. The molecule has 7 nitrogen and oxygen atoms in total.